The second-order valence-corrected chi connectivity index (χ2v) is 28.3. The quantitative estimate of drug-likeness (QED) is 0.0373. The molecule has 0 bridgehead atoms. The molecule has 0 saturated carbocycles. The fourth-order valence-corrected chi connectivity index (χ4v) is 9.84. The van der Waals surface area contributed by atoms with Crippen LogP contribution in [0.1, 0.15) is 143 Å². The summed E-state index contributed by atoms with van der Waals surface area (Å²) in [6, 6.07) is 69.1. The number of nitrogens with zero attached hydrogens (tertiary/aromatic N) is 9. The molecule has 0 spiro atoms. The van der Waals surface area contributed by atoms with Crippen molar-refractivity contribution in [3.8, 4) is 0 Å². The number of aryl methyl sites for hydroxylation is 11. The van der Waals surface area contributed by atoms with Crippen molar-refractivity contribution in [2.45, 2.75) is 154 Å². The van der Waals surface area contributed by atoms with E-state index < -0.39 is 10.3 Å². The minimum absolute atomic E-state index is 0. The van der Waals surface area contributed by atoms with Gasteiger partial charge in [0.25, 0.3) is 5.69 Å². The van der Waals surface area contributed by atoms with Crippen molar-refractivity contribution < 1.29 is 20.9 Å². The van der Waals surface area contributed by atoms with E-state index in [2.05, 4.69) is 117 Å². The molecule has 0 aliphatic heterocycles. The Labute approximate surface area is 618 Å². The highest BCUT2D eigenvalue weighted by atomic mass is 35.5. The number of amides is 1. The SMILES string of the molecule is CC(C)(C)C(=O)Cl.Cc1ccc(N)c(CCc2ccccc2)n1.Cc1ccc(NC(=O)C(C)(C)C)c(CCc2ccccc2)n1.Cc1ccc([N+](=O)[O-])c(CCc2ccccc2)n1.Cc1ccc([N+](=O)[O-])c(Cl)n1.Cc1ccc2nc(C(C)(C)C)n(Cc3ccccc3)c2n1.NCc1ccccc1.[HH]. The highest BCUT2D eigenvalue weighted by Crippen LogP contribution is 2.28. The van der Waals surface area contributed by atoms with Gasteiger partial charge in [-0.05, 0) is 155 Å². The van der Waals surface area contributed by atoms with Gasteiger partial charge >= 0.3 is 5.69 Å². The number of benzene rings is 5. The van der Waals surface area contributed by atoms with Gasteiger partial charge in [-0.15, -0.1) is 0 Å². The molecule has 0 aliphatic carbocycles. The van der Waals surface area contributed by atoms with E-state index >= 15 is 0 Å². The molecule has 0 atom stereocenters. The number of aromatic nitrogens is 7. The van der Waals surface area contributed by atoms with Crippen molar-refractivity contribution >= 4 is 68.3 Å². The molecule has 0 radical (unpaired) electrons. The van der Waals surface area contributed by atoms with Gasteiger partial charge in [-0.3, -0.25) is 44.8 Å². The predicted octanol–water partition coefficient (Wildman–Crippen LogP) is 19.2. The number of nitro groups is 2. The number of nitrogen functional groups attached to an aromatic ring is 1. The number of imidazole rings is 1. The first-order valence-electron chi connectivity index (χ1n) is 34.0. The monoisotopic (exact) mass is 1430 g/mol. The molecule has 5 aromatic carbocycles. The van der Waals surface area contributed by atoms with Gasteiger partial charge in [-0.2, -0.15) is 0 Å². The van der Waals surface area contributed by atoms with Crippen LogP contribution in [-0.2, 0) is 66.6 Å². The fourth-order valence-electron chi connectivity index (χ4n) is 9.57. The number of hydrogen-bond acceptors (Lipinski definition) is 14. The molecule has 11 rings (SSSR count). The van der Waals surface area contributed by atoms with Gasteiger partial charge < -0.3 is 21.4 Å². The maximum Gasteiger partial charge on any atom is 0.306 e. The van der Waals surface area contributed by atoms with Gasteiger partial charge in [-0.1, -0.05) is 226 Å². The molecular weight excluding hydrogens is 1330 g/mol. The predicted molar refractivity (Wildman–Crippen MR) is 422 cm³/mol. The van der Waals surface area contributed by atoms with E-state index in [4.69, 9.17) is 44.6 Å². The zero-order chi connectivity index (χ0) is 75.9. The van der Waals surface area contributed by atoms with Crippen molar-refractivity contribution in [2.75, 3.05) is 11.1 Å². The molecule has 103 heavy (non-hydrogen) atoms. The third kappa shape index (κ3) is 29.6. The van der Waals surface area contributed by atoms with Crippen LogP contribution in [0.25, 0.3) is 11.2 Å². The van der Waals surface area contributed by atoms with E-state index in [9.17, 15) is 29.8 Å². The lowest BCUT2D eigenvalue weighted by molar-refractivity contribution is -0.386. The number of nitrogens with one attached hydrogen (secondary N) is 1. The number of rotatable bonds is 15. The minimum atomic E-state index is -0.561. The molecule has 11 aromatic rings. The third-order valence-corrected chi connectivity index (χ3v) is 16.2. The number of hydrogen-bond donors (Lipinski definition) is 3. The molecular formula is C83H100Cl2N12O6. The highest BCUT2D eigenvalue weighted by molar-refractivity contribution is 6.64. The number of carbonyl (C=O) groups excluding carboxylic acids is 2. The maximum absolute atomic E-state index is 12.2. The summed E-state index contributed by atoms with van der Waals surface area (Å²) < 4.78 is 2.25. The van der Waals surface area contributed by atoms with E-state index in [0.717, 1.165) is 107 Å². The summed E-state index contributed by atoms with van der Waals surface area (Å²) >= 11 is 10.6. The summed E-state index contributed by atoms with van der Waals surface area (Å²) in [7, 11) is 0. The lowest BCUT2D eigenvalue weighted by Crippen LogP contribution is -2.28. The van der Waals surface area contributed by atoms with Crippen molar-refractivity contribution in [1.82, 2.24) is 34.5 Å². The Morgan fingerprint density at radius 1 is 0.456 bits per heavy atom. The largest absolute Gasteiger partial charge is 0.397 e. The highest BCUT2D eigenvalue weighted by Gasteiger charge is 2.25. The molecule has 18 nitrogen and oxygen atoms in total. The Bertz CT molecular complexity index is 4480. The molecule has 20 heteroatoms. The van der Waals surface area contributed by atoms with Crippen molar-refractivity contribution in [1.29, 1.82) is 0 Å². The van der Waals surface area contributed by atoms with Crippen LogP contribution in [0.4, 0.5) is 22.7 Å². The summed E-state index contributed by atoms with van der Waals surface area (Å²) in [6.07, 6.45) is 4.96. The number of fused-ring (bicyclic) bond motifs is 1. The average molecular weight is 1430 g/mol. The van der Waals surface area contributed by atoms with Gasteiger partial charge in [0.2, 0.25) is 16.3 Å². The molecule has 0 aliphatic rings. The molecule has 6 aromatic heterocycles. The van der Waals surface area contributed by atoms with E-state index in [1.54, 1.807) is 39.8 Å². The van der Waals surface area contributed by atoms with Crippen LogP contribution >= 0.6 is 23.2 Å². The molecule has 6 heterocycles. The molecule has 5 N–H and O–H groups in total. The maximum atomic E-state index is 12.2. The Balaban J connectivity index is 0.000000264. The van der Waals surface area contributed by atoms with Gasteiger partial charge in [0.15, 0.2) is 5.65 Å². The van der Waals surface area contributed by atoms with Crippen LogP contribution in [0, 0.1) is 65.7 Å². The molecule has 1 amide bonds. The van der Waals surface area contributed by atoms with E-state index in [1.165, 1.54) is 34.4 Å². The summed E-state index contributed by atoms with van der Waals surface area (Å²) in [5.74, 6) is 1.10. The Morgan fingerprint density at radius 3 is 1.24 bits per heavy atom. The Morgan fingerprint density at radius 2 is 0.825 bits per heavy atom. The smallest absolute Gasteiger partial charge is 0.306 e. The normalized spacial score (nSPS) is 10.8. The molecule has 0 unspecified atom stereocenters. The van der Waals surface area contributed by atoms with Gasteiger partial charge in [0.1, 0.15) is 17.0 Å². The summed E-state index contributed by atoms with van der Waals surface area (Å²) in [5, 5.41) is 23.8. The lowest BCUT2D eigenvalue weighted by atomic mass is 9.95. The van der Waals surface area contributed by atoms with E-state index in [1.807, 2.05) is 170 Å². The average Bonchev–Trinajstić information content (AvgIpc) is 1.62. The number of anilines is 2. The summed E-state index contributed by atoms with van der Waals surface area (Å²) in [6.45, 7) is 28.7. The van der Waals surface area contributed by atoms with Crippen LogP contribution in [0.3, 0.4) is 0 Å². The molecule has 542 valence electrons. The Hall–Kier alpha value is -10.4. The van der Waals surface area contributed by atoms with E-state index in [0.29, 0.717) is 24.4 Å². The first-order chi connectivity index (χ1) is 48.7. The van der Waals surface area contributed by atoms with Crippen LogP contribution in [0.2, 0.25) is 5.15 Å². The second-order valence-electron chi connectivity index (χ2n) is 27.6. The van der Waals surface area contributed by atoms with Crippen molar-refractivity contribution in [2.24, 2.45) is 16.6 Å². The van der Waals surface area contributed by atoms with Crippen LogP contribution in [0.5, 0.6) is 0 Å². The van der Waals surface area contributed by atoms with Crippen LogP contribution < -0.4 is 16.8 Å². The number of carbonyl (C=O) groups is 2. The summed E-state index contributed by atoms with van der Waals surface area (Å²) in [4.78, 5) is 69.2. The molecule has 0 saturated heterocycles. The number of nitrogens with two attached hydrogens (primary N) is 2. The zero-order valence-corrected chi connectivity index (χ0v) is 63.3. The topological polar surface area (TPSA) is 267 Å². The fraction of sp³-hybridized carbons (Fsp3) is 0.301. The molecule has 0 fully saturated rings. The van der Waals surface area contributed by atoms with Gasteiger partial charge in [0.05, 0.1) is 39.2 Å². The van der Waals surface area contributed by atoms with E-state index in [-0.39, 0.29) is 44.9 Å². The minimum Gasteiger partial charge on any atom is -0.397 e. The van der Waals surface area contributed by atoms with Crippen molar-refractivity contribution in [3.63, 3.8) is 0 Å². The first kappa shape index (κ1) is 83.3. The first-order valence-corrected chi connectivity index (χ1v) is 34.8. The zero-order valence-electron chi connectivity index (χ0n) is 61.7. The third-order valence-electron chi connectivity index (χ3n) is 15.4. The number of halogens is 2. The number of pyridine rings is 5. The lowest BCUT2D eigenvalue weighted by Gasteiger charge is -2.20. The standard InChI is InChI=1S/C19H24N2O.C18H21N3.C14H14N2O2.C14H16N2.C7H9N.C6H5ClN2O2.C5H9ClO.H2/c1-14-10-12-17(21-18(22)19(2,3)4)16(20-14)13-11-15-8-6-5-7-9-15;1-13-10-11-15-16(19-13)21(17(20-15)18(2,3)4)12-14-8-6-5-7-9-14;1-11-7-10-14(16(17)18)13(15-11)9-8-12-5-3-2-4-6-12;1-11-7-9-13(15)14(16-11)10-8-12-5-3-2-4-6-12;8-6-7-4-2-1-3-5-7;1-4-2-3-5(9(10)11)6(7)8-4;1-5(2,3)4(6)7;/h5-10,12H,11,13H2,1-4H3,(H,21,22);5-11H,12H2,1-4H3;2-7,10H,8-9H2,1H3;2-7,9H,8,10,15H2,1H3;1-5H,6,8H2;2-3H,1H3;1-3H3;1H. The second kappa shape index (κ2) is 40.9. The van der Waals surface area contributed by atoms with Gasteiger partial charge in [0, 0.05) is 71.2 Å². The van der Waals surface area contributed by atoms with Crippen LogP contribution in [0.15, 0.2) is 212 Å². The van der Waals surface area contributed by atoms with Crippen molar-refractivity contribution in [3.05, 3.63) is 317 Å². The van der Waals surface area contributed by atoms with Gasteiger partial charge in [-0.25, -0.2) is 15.0 Å². The Kier molecular flexibility index (Phi) is 33.1. The van der Waals surface area contributed by atoms with Crippen LogP contribution in [-0.4, -0.2) is 55.5 Å². The summed E-state index contributed by atoms with van der Waals surface area (Å²) in [5.41, 5.74) is 27.2.